The lowest BCUT2D eigenvalue weighted by Gasteiger charge is -2.13. The molecule has 1 aromatic rings. The van der Waals surface area contributed by atoms with Crippen molar-refractivity contribution in [2.24, 2.45) is 10.2 Å². The number of hydrogen-bond acceptors (Lipinski definition) is 5. The Kier molecular flexibility index (Phi) is 2.04. The summed E-state index contributed by atoms with van der Waals surface area (Å²) in [5.74, 6) is -2.65. The summed E-state index contributed by atoms with van der Waals surface area (Å²) in [6.07, 6.45) is 2.31. The molecular weight excluding hydrogens is 216 g/mol. The van der Waals surface area contributed by atoms with Crippen molar-refractivity contribution in [2.75, 3.05) is 0 Å². The number of rotatable bonds is 3. The van der Waals surface area contributed by atoms with Crippen molar-refractivity contribution >= 4 is 11.9 Å². The quantitative estimate of drug-likeness (QED) is 0.669. The van der Waals surface area contributed by atoms with Crippen LogP contribution in [0.25, 0.3) is 0 Å². The number of nitrogens with zero attached hydrogens (tertiary/aromatic N) is 3. The molecule has 0 saturated heterocycles. The lowest BCUT2D eigenvalue weighted by molar-refractivity contribution is -0.141. The van der Waals surface area contributed by atoms with Crippen LogP contribution in [-0.4, -0.2) is 32.3 Å². The first-order valence-electron chi connectivity index (χ1n) is 4.18. The summed E-state index contributed by atoms with van der Waals surface area (Å²) in [5.41, 5.74) is -2.07. The zero-order chi connectivity index (χ0) is 11.8. The van der Waals surface area contributed by atoms with Gasteiger partial charge in [0.1, 0.15) is 0 Å². The molecule has 1 unspecified atom stereocenters. The van der Waals surface area contributed by atoms with Crippen LogP contribution in [0.3, 0.4) is 0 Å². The third-order valence-corrected chi connectivity index (χ3v) is 2.12. The van der Waals surface area contributed by atoms with Crippen LogP contribution in [0.5, 0.6) is 0 Å². The van der Waals surface area contributed by atoms with E-state index in [-0.39, 0.29) is 5.69 Å². The number of carboxylic acids is 2. The number of nitrogens with one attached hydrogen (secondary N) is 1. The van der Waals surface area contributed by atoms with Crippen molar-refractivity contribution in [3.8, 4) is 0 Å². The molecule has 82 valence electrons. The fourth-order valence-electron chi connectivity index (χ4n) is 1.31. The fraction of sp³-hybridized carbons (Fsp3) is 0.125. The minimum Gasteiger partial charge on any atom is -0.479 e. The summed E-state index contributed by atoms with van der Waals surface area (Å²) in [6.45, 7) is 0. The topological polar surface area (TPSA) is 128 Å². The average molecular weight is 222 g/mol. The Bertz CT molecular complexity index is 504. The molecule has 1 atom stereocenters. The van der Waals surface area contributed by atoms with Crippen LogP contribution in [0.15, 0.2) is 34.3 Å². The van der Waals surface area contributed by atoms with E-state index in [1.54, 1.807) is 0 Å². The van der Waals surface area contributed by atoms with Gasteiger partial charge in [-0.15, -0.1) is 5.11 Å². The third kappa shape index (κ3) is 1.28. The van der Waals surface area contributed by atoms with Gasteiger partial charge in [0, 0.05) is 6.20 Å². The van der Waals surface area contributed by atoms with Gasteiger partial charge in [0.25, 0.3) is 0 Å². The Balaban J connectivity index is 2.54. The molecule has 1 aliphatic heterocycles. The van der Waals surface area contributed by atoms with Gasteiger partial charge in [-0.2, -0.15) is 10.2 Å². The first-order chi connectivity index (χ1) is 7.56. The SMILES string of the molecule is O=C(O)C1=CC(C(=O)O)(c2ccn[nH]2)N=N1. The zero-order valence-electron chi connectivity index (χ0n) is 7.78. The maximum Gasteiger partial charge on any atom is 0.356 e. The van der Waals surface area contributed by atoms with Crippen molar-refractivity contribution in [1.29, 1.82) is 0 Å². The largest absolute Gasteiger partial charge is 0.479 e. The van der Waals surface area contributed by atoms with E-state index in [1.165, 1.54) is 12.3 Å². The molecule has 1 aliphatic rings. The predicted octanol–water partition coefficient (Wildman–Crippen LogP) is 0.124. The molecule has 2 rings (SSSR count). The molecule has 0 amide bonds. The first-order valence-corrected chi connectivity index (χ1v) is 4.18. The molecule has 0 bridgehead atoms. The molecule has 0 saturated carbocycles. The van der Waals surface area contributed by atoms with Crippen LogP contribution in [-0.2, 0) is 15.1 Å². The Labute approximate surface area is 88.3 Å². The molecule has 0 fully saturated rings. The monoisotopic (exact) mass is 222 g/mol. The second-order valence-electron chi connectivity index (χ2n) is 3.08. The van der Waals surface area contributed by atoms with Crippen LogP contribution in [0.4, 0.5) is 0 Å². The highest BCUT2D eigenvalue weighted by Gasteiger charge is 2.45. The zero-order valence-corrected chi connectivity index (χ0v) is 7.78. The maximum absolute atomic E-state index is 11.2. The van der Waals surface area contributed by atoms with Crippen molar-refractivity contribution in [3.63, 3.8) is 0 Å². The summed E-state index contributed by atoms with van der Waals surface area (Å²) in [6, 6.07) is 1.40. The molecule has 8 nitrogen and oxygen atoms in total. The van der Waals surface area contributed by atoms with E-state index in [9.17, 15) is 9.59 Å². The molecule has 16 heavy (non-hydrogen) atoms. The van der Waals surface area contributed by atoms with E-state index in [0.29, 0.717) is 0 Å². The Morgan fingerprint density at radius 2 is 2.12 bits per heavy atom. The second-order valence-corrected chi connectivity index (χ2v) is 3.08. The molecule has 2 heterocycles. The Morgan fingerprint density at radius 3 is 2.56 bits per heavy atom. The van der Waals surface area contributed by atoms with Crippen molar-refractivity contribution in [3.05, 3.63) is 29.7 Å². The number of aromatic amines is 1. The number of carbonyl (C=O) groups is 2. The van der Waals surface area contributed by atoms with Gasteiger partial charge in [0.05, 0.1) is 5.69 Å². The molecule has 0 spiro atoms. The molecule has 0 radical (unpaired) electrons. The summed E-state index contributed by atoms with van der Waals surface area (Å²) in [4.78, 5) is 21.8. The van der Waals surface area contributed by atoms with Crippen LogP contribution in [0.1, 0.15) is 5.69 Å². The third-order valence-electron chi connectivity index (χ3n) is 2.12. The predicted molar refractivity (Wildman–Crippen MR) is 48.5 cm³/mol. The molecular formula is C8H6N4O4. The van der Waals surface area contributed by atoms with Gasteiger partial charge < -0.3 is 10.2 Å². The van der Waals surface area contributed by atoms with Crippen molar-refractivity contribution < 1.29 is 19.8 Å². The summed E-state index contributed by atoms with van der Waals surface area (Å²) in [5, 5.41) is 30.6. The van der Waals surface area contributed by atoms with Gasteiger partial charge in [-0.1, -0.05) is 0 Å². The minimum atomic E-state index is -1.82. The normalized spacial score (nSPS) is 23.1. The summed E-state index contributed by atoms with van der Waals surface area (Å²) < 4.78 is 0. The number of carboxylic acid groups (broad SMARTS) is 2. The van der Waals surface area contributed by atoms with E-state index in [2.05, 4.69) is 20.4 Å². The highest BCUT2D eigenvalue weighted by Crippen LogP contribution is 2.33. The van der Waals surface area contributed by atoms with E-state index >= 15 is 0 Å². The molecule has 0 aromatic carbocycles. The fourth-order valence-corrected chi connectivity index (χ4v) is 1.31. The molecule has 3 N–H and O–H groups in total. The minimum absolute atomic E-state index is 0.153. The van der Waals surface area contributed by atoms with E-state index < -0.39 is 23.2 Å². The van der Waals surface area contributed by atoms with E-state index in [0.717, 1.165) is 6.08 Å². The number of hydrogen-bond donors (Lipinski definition) is 3. The van der Waals surface area contributed by atoms with Crippen molar-refractivity contribution in [1.82, 2.24) is 10.2 Å². The lowest BCUT2D eigenvalue weighted by Crippen LogP contribution is -2.30. The van der Waals surface area contributed by atoms with E-state index in [4.69, 9.17) is 10.2 Å². The standard InChI is InChI=1S/C8H6N4O4/c13-6(14)4-3-8(7(15)16,12-10-4)5-1-2-9-11-5/h1-3H,(H,9,11)(H,13,14)(H,15,16). The molecule has 1 aromatic heterocycles. The number of aromatic nitrogens is 2. The van der Waals surface area contributed by atoms with Gasteiger partial charge in [0.2, 0.25) is 5.54 Å². The van der Waals surface area contributed by atoms with Crippen LogP contribution in [0.2, 0.25) is 0 Å². The Morgan fingerprint density at radius 1 is 1.38 bits per heavy atom. The first kappa shape index (κ1) is 10.0. The van der Waals surface area contributed by atoms with Crippen molar-refractivity contribution in [2.45, 2.75) is 5.54 Å². The van der Waals surface area contributed by atoms with Crippen LogP contribution in [0, 0.1) is 0 Å². The second kappa shape index (κ2) is 3.26. The maximum atomic E-state index is 11.2. The summed E-state index contributed by atoms with van der Waals surface area (Å²) in [7, 11) is 0. The number of azo groups is 1. The Hall–Kier alpha value is -2.51. The molecule has 0 aliphatic carbocycles. The van der Waals surface area contributed by atoms with Crippen LogP contribution >= 0.6 is 0 Å². The van der Waals surface area contributed by atoms with Crippen LogP contribution < -0.4 is 0 Å². The van der Waals surface area contributed by atoms with Gasteiger partial charge in [-0.3, -0.25) is 5.10 Å². The number of aliphatic carboxylic acids is 2. The van der Waals surface area contributed by atoms with Gasteiger partial charge >= 0.3 is 11.9 Å². The summed E-state index contributed by atoms with van der Waals surface area (Å²) >= 11 is 0. The van der Waals surface area contributed by atoms with E-state index in [1.807, 2.05) is 0 Å². The molecule has 8 heteroatoms. The lowest BCUT2D eigenvalue weighted by atomic mass is 9.96. The highest BCUT2D eigenvalue weighted by atomic mass is 16.4. The highest BCUT2D eigenvalue weighted by molar-refractivity contribution is 5.91. The average Bonchev–Trinajstić information content (AvgIpc) is 2.87. The van der Waals surface area contributed by atoms with Gasteiger partial charge in [0.15, 0.2) is 5.70 Å². The van der Waals surface area contributed by atoms with Gasteiger partial charge in [-0.25, -0.2) is 9.59 Å². The smallest absolute Gasteiger partial charge is 0.356 e. The van der Waals surface area contributed by atoms with Gasteiger partial charge in [-0.05, 0) is 12.1 Å². The number of H-pyrrole nitrogens is 1.